The Bertz CT molecular complexity index is 800. The number of benzene rings is 2. The lowest BCUT2D eigenvalue weighted by molar-refractivity contribution is 0.250. The first kappa shape index (κ1) is 21.1. The van der Waals surface area contributed by atoms with Crippen LogP contribution in [0.1, 0.15) is 38.3 Å². The minimum Gasteiger partial charge on any atom is -0.506 e. The fourth-order valence-electron chi connectivity index (χ4n) is 2.45. The Kier molecular flexibility index (Phi) is 7.13. The predicted octanol–water partition coefficient (Wildman–Crippen LogP) is 5.35. The summed E-state index contributed by atoms with van der Waals surface area (Å²) in [4.78, 5) is 11.9. The van der Waals surface area contributed by atoms with Gasteiger partial charge >= 0.3 is 6.03 Å². The SMILES string of the molecule is Cc1ccc(NC(=O)NCCCOc2ccc(C(C)(C)C)cc2Br)c(O)c1. The highest BCUT2D eigenvalue weighted by Crippen LogP contribution is 2.31. The van der Waals surface area contributed by atoms with Gasteiger partial charge in [0.15, 0.2) is 0 Å². The molecule has 0 aromatic heterocycles. The molecule has 0 heterocycles. The van der Waals surface area contributed by atoms with E-state index < -0.39 is 0 Å². The first-order chi connectivity index (χ1) is 12.7. The molecule has 3 N–H and O–H groups in total. The van der Waals surface area contributed by atoms with Gasteiger partial charge in [-0.2, -0.15) is 0 Å². The number of ether oxygens (including phenoxy) is 1. The zero-order valence-electron chi connectivity index (χ0n) is 16.2. The minimum atomic E-state index is -0.357. The van der Waals surface area contributed by atoms with Crippen molar-refractivity contribution in [1.29, 1.82) is 0 Å². The molecular formula is C21H27BrN2O3. The molecule has 146 valence electrons. The van der Waals surface area contributed by atoms with Gasteiger partial charge in [0.25, 0.3) is 0 Å². The van der Waals surface area contributed by atoms with Crippen LogP contribution >= 0.6 is 15.9 Å². The average Bonchev–Trinajstić information content (AvgIpc) is 2.57. The van der Waals surface area contributed by atoms with Crippen molar-refractivity contribution in [2.45, 2.75) is 39.5 Å². The molecule has 2 rings (SSSR count). The summed E-state index contributed by atoms with van der Waals surface area (Å²) < 4.78 is 6.70. The first-order valence-corrected chi connectivity index (χ1v) is 9.73. The minimum absolute atomic E-state index is 0.0528. The Hall–Kier alpha value is -2.21. The number of phenols is 1. The van der Waals surface area contributed by atoms with Crippen molar-refractivity contribution in [3.63, 3.8) is 0 Å². The molecule has 0 saturated heterocycles. The van der Waals surface area contributed by atoms with Gasteiger partial charge in [-0.05, 0) is 70.1 Å². The number of aromatic hydroxyl groups is 1. The van der Waals surface area contributed by atoms with Crippen LogP contribution in [0.5, 0.6) is 11.5 Å². The molecule has 0 bridgehead atoms. The van der Waals surface area contributed by atoms with Crippen LogP contribution in [0.15, 0.2) is 40.9 Å². The number of aryl methyl sites for hydroxylation is 1. The first-order valence-electron chi connectivity index (χ1n) is 8.94. The lowest BCUT2D eigenvalue weighted by Gasteiger charge is -2.20. The van der Waals surface area contributed by atoms with Crippen LogP contribution in [0.25, 0.3) is 0 Å². The van der Waals surface area contributed by atoms with E-state index in [1.54, 1.807) is 12.1 Å². The third kappa shape index (κ3) is 6.47. The zero-order chi connectivity index (χ0) is 20.0. The van der Waals surface area contributed by atoms with E-state index in [1.807, 2.05) is 19.1 Å². The predicted molar refractivity (Wildman–Crippen MR) is 113 cm³/mol. The summed E-state index contributed by atoms with van der Waals surface area (Å²) in [5.74, 6) is 0.842. The Morgan fingerprint density at radius 2 is 1.93 bits per heavy atom. The van der Waals surface area contributed by atoms with Gasteiger partial charge in [-0.3, -0.25) is 0 Å². The topological polar surface area (TPSA) is 70.6 Å². The van der Waals surface area contributed by atoms with Crippen molar-refractivity contribution in [2.75, 3.05) is 18.5 Å². The summed E-state index contributed by atoms with van der Waals surface area (Å²) in [5.41, 5.74) is 2.64. The largest absolute Gasteiger partial charge is 0.506 e. The average molecular weight is 435 g/mol. The molecule has 0 spiro atoms. The molecule has 6 heteroatoms. The molecule has 2 aromatic carbocycles. The quantitative estimate of drug-likeness (QED) is 0.423. The number of phenolic OH excluding ortho intramolecular Hbond substituents is 1. The number of amides is 2. The number of carbonyl (C=O) groups excluding carboxylic acids is 1. The Balaban J connectivity index is 1.73. The van der Waals surface area contributed by atoms with E-state index in [9.17, 15) is 9.90 Å². The standard InChI is InChI=1S/C21H27BrN2O3/c1-14-6-8-17(18(25)12-14)24-20(26)23-10-5-11-27-19-9-7-15(13-16(19)22)21(2,3)4/h6-9,12-13,25H,5,10-11H2,1-4H3,(H2,23,24,26). The van der Waals surface area contributed by atoms with Crippen molar-refractivity contribution >= 4 is 27.6 Å². The van der Waals surface area contributed by atoms with Gasteiger partial charge in [-0.1, -0.05) is 32.9 Å². The van der Waals surface area contributed by atoms with E-state index >= 15 is 0 Å². The number of hydrogen-bond donors (Lipinski definition) is 3. The molecule has 0 aliphatic heterocycles. The molecule has 0 fully saturated rings. The summed E-state index contributed by atoms with van der Waals surface area (Å²) in [6.45, 7) is 9.34. The van der Waals surface area contributed by atoms with Gasteiger partial charge in [0.1, 0.15) is 11.5 Å². The fraction of sp³-hybridized carbons (Fsp3) is 0.381. The van der Waals surface area contributed by atoms with E-state index in [4.69, 9.17) is 4.74 Å². The number of nitrogens with one attached hydrogen (secondary N) is 2. The van der Waals surface area contributed by atoms with E-state index in [0.717, 1.165) is 15.8 Å². The maximum atomic E-state index is 11.9. The van der Waals surface area contributed by atoms with Gasteiger partial charge in [-0.15, -0.1) is 0 Å². The van der Waals surface area contributed by atoms with Gasteiger partial charge in [0, 0.05) is 6.54 Å². The molecule has 0 aliphatic carbocycles. The molecule has 0 radical (unpaired) electrons. The summed E-state index contributed by atoms with van der Waals surface area (Å²) >= 11 is 3.55. The lowest BCUT2D eigenvalue weighted by atomic mass is 9.87. The Morgan fingerprint density at radius 3 is 2.56 bits per heavy atom. The molecule has 27 heavy (non-hydrogen) atoms. The normalized spacial score (nSPS) is 11.1. The third-order valence-electron chi connectivity index (χ3n) is 4.06. The molecule has 2 amide bonds. The van der Waals surface area contributed by atoms with Crippen LogP contribution in [0.2, 0.25) is 0 Å². The van der Waals surface area contributed by atoms with Gasteiger partial charge < -0.3 is 20.5 Å². The molecular weight excluding hydrogens is 408 g/mol. The highest BCUT2D eigenvalue weighted by Gasteiger charge is 2.15. The number of anilines is 1. The second kappa shape index (κ2) is 9.13. The number of carbonyl (C=O) groups is 1. The fourth-order valence-corrected chi connectivity index (χ4v) is 2.95. The number of halogens is 1. The van der Waals surface area contributed by atoms with Crippen LogP contribution in [0.3, 0.4) is 0 Å². The molecule has 0 saturated carbocycles. The zero-order valence-corrected chi connectivity index (χ0v) is 17.8. The molecule has 0 unspecified atom stereocenters. The van der Waals surface area contributed by atoms with Gasteiger partial charge in [-0.25, -0.2) is 4.79 Å². The number of rotatable bonds is 6. The number of urea groups is 1. The smallest absolute Gasteiger partial charge is 0.319 e. The van der Waals surface area contributed by atoms with Crippen molar-refractivity contribution < 1.29 is 14.6 Å². The summed E-state index contributed by atoms with van der Waals surface area (Å²) in [5, 5.41) is 15.2. The van der Waals surface area contributed by atoms with E-state index in [-0.39, 0.29) is 17.2 Å². The van der Waals surface area contributed by atoms with Crippen LogP contribution in [0.4, 0.5) is 10.5 Å². The van der Waals surface area contributed by atoms with Crippen molar-refractivity contribution in [3.8, 4) is 11.5 Å². The van der Waals surface area contributed by atoms with Gasteiger partial charge in [0.05, 0.1) is 16.8 Å². The van der Waals surface area contributed by atoms with Crippen LogP contribution in [0, 0.1) is 6.92 Å². The van der Waals surface area contributed by atoms with E-state index in [0.29, 0.717) is 25.3 Å². The Labute approximate surface area is 169 Å². The van der Waals surface area contributed by atoms with Crippen LogP contribution < -0.4 is 15.4 Å². The summed E-state index contributed by atoms with van der Waals surface area (Å²) in [6, 6.07) is 10.9. The molecule has 0 aliphatic rings. The van der Waals surface area contributed by atoms with Crippen molar-refractivity contribution in [1.82, 2.24) is 5.32 Å². The van der Waals surface area contributed by atoms with Crippen molar-refractivity contribution in [2.24, 2.45) is 0 Å². The van der Waals surface area contributed by atoms with E-state index in [1.165, 1.54) is 5.56 Å². The monoisotopic (exact) mass is 434 g/mol. The van der Waals surface area contributed by atoms with Crippen LogP contribution in [-0.2, 0) is 5.41 Å². The number of hydrogen-bond acceptors (Lipinski definition) is 3. The van der Waals surface area contributed by atoms with E-state index in [2.05, 4.69) is 59.5 Å². The highest BCUT2D eigenvalue weighted by molar-refractivity contribution is 9.10. The highest BCUT2D eigenvalue weighted by atomic mass is 79.9. The maximum absolute atomic E-state index is 11.9. The summed E-state index contributed by atoms with van der Waals surface area (Å²) in [7, 11) is 0. The van der Waals surface area contributed by atoms with Crippen molar-refractivity contribution in [3.05, 3.63) is 52.0 Å². The molecule has 0 atom stereocenters. The second-order valence-corrected chi connectivity index (χ2v) is 8.35. The Morgan fingerprint density at radius 1 is 1.19 bits per heavy atom. The van der Waals surface area contributed by atoms with Crippen LogP contribution in [-0.4, -0.2) is 24.3 Å². The third-order valence-corrected chi connectivity index (χ3v) is 4.68. The maximum Gasteiger partial charge on any atom is 0.319 e. The van der Waals surface area contributed by atoms with Gasteiger partial charge in [0.2, 0.25) is 0 Å². The lowest BCUT2D eigenvalue weighted by Crippen LogP contribution is -2.30. The molecule has 5 nitrogen and oxygen atoms in total. The summed E-state index contributed by atoms with van der Waals surface area (Å²) in [6.07, 6.45) is 0.667. The second-order valence-electron chi connectivity index (χ2n) is 7.50. The molecule has 2 aromatic rings.